The summed E-state index contributed by atoms with van der Waals surface area (Å²) < 4.78 is 5.19. The molecule has 0 aliphatic rings. The van der Waals surface area contributed by atoms with Gasteiger partial charge in [-0.2, -0.15) is 0 Å². The van der Waals surface area contributed by atoms with Crippen LogP contribution in [0.15, 0.2) is 84.9 Å². The number of carbonyl (C=O) groups is 2. The van der Waals surface area contributed by atoms with Crippen molar-refractivity contribution in [1.29, 1.82) is 0 Å². The average molecular weight is 390 g/mol. The van der Waals surface area contributed by atoms with Gasteiger partial charge in [-0.25, -0.2) is 9.59 Å². The van der Waals surface area contributed by atoms with Crippen molar-refractivity contribution in [2.45, 2.75) is 19.2 Å². The van der Waals surface area contributed by atoms with Gasteiger partial charge in [0, 0.05) is 12.2 Å². The predicted molar refractivity (Wildman–Crippen MR) is 110 cm³/mol. The summed E-state index contributed by atoms with van der Waals surface area (Å²) >= 11 is 0. The monoisotopic (exact) mass is 390 g/mol. The fraction of sp³-hybridized carbons (Fsp3) is 0.130. The summed E-state index contributed by atoms with van der Waals surface area (Å²) in [6, 6.07) is 24.8. The van der Waals surface area contributed by atoms with Crippen molar-refractivity contribution in [2.75, 3.05) is 5.32 Å². The van der Waals surface area contributed by atoms with Crippen LogP contribution in [0.2, 0.25) is 0 Å². The second-order valence-corrected chi connectivity index (χ2v) is 6.44. The Balaban J connectivity index is 1.56. The van der Waals surface area contributed by atoms with Crippen LogP contribution < -0.4 is 10.6 Å². The number of nitrogens with one attached hydrogen (secondary N) is 2. The first kappa shape index (κ1) is 19.9. The van der Waals surface area contributed by atoms with Crippen LogP contribution in [-0.4, -0.2) is 17.2 Å². The van der Waals surface area contributed by atoms with Gasteiger partial charge >= 0.3 is 12.1 Å². The Hall–Kier alpha value is -3.80. The van der Waals surface area contributed by atoms with Crippen LogP contribution >= 0.6 is 0 Å². The van der Waals surface area contributed by atoms with Gasteiger partial charge in [0.2, 0.25) is 0 Å². The molecule has 148 valence electrons. The lowest BCUT2D eigenvalue weighted by Crippen LogP contribution is -2.24. The molecule has 29 heavy (non-hydrogen) atoms. The average Bonchev–Trinajstić information content (AvgIpc) is 2.76. The lowest BCUT2D eigenvalue weighted by atomic mass is 10.1. The van der Waals surface area contributed by atoms with E-state index in [1.807, 2.05) is 42.5 Å². The fourth-order valence-corrected chi connectivity index (χ4v) is 2.82. The summed E-state index contributed by atoms with van der Waals surface area (Å²) in [4.78, 5) is 23.6. The van der Waals surface area contributed by atoms with Crippen LogP contribution in [0.1, 0.15) is 22.7 Å². The highest BCUT2D eigenvalue weighted by molar-refractivity contribution is 5.79. The summed E-state index contributed by atoms with van der Waals surface area (Å²) in [5.41, 5.74) is 3.05. The minimum atomic E-state index is -0.968. The van der Waals surface area contributed by atoms with Gasteiger partial charge in [0.25, 0.3) is 0 Å². The number of anilines is 1. The number of alkyl carbamates (subject to hydrolysis) is 1. The summed E-state index contributed by atoms with van der Waals surface area (Å²) in [7, 11) is 0. The van der Waals surface area contributed by atoms with E-state index in [0.717, 1.165) is 11.1 Å². The fourth-order valence-electron chi connectivity index (χ4n) is 2.82. The van der Waals surface area contributed by atoms with Gasteiger partial charge in [-0.1, -0.05) is 72.8 Å². The Bertz CT molecular complexity index is 945. The number of ether oxygens (including phenoxy) is 1. The van der Waals surface area contributed by atoms with E-state index in [2.05, 4.69) is 10.6 Å². The topological polar surface area (TPSA) is 87.7 Å². The third-order valence-electron chi connectivity index (χ3n) is 4.27. The molecule has 3 rings (SSSR count). The van der Waals surface area contributed by atoms with Gasteiger partial charge in [0.15, 0.2) is 6.04 Å². The maximum Gasteiger partial charge on any atom is 0.407 e. The zero-order valence-electron chi connectivity index (χ0n) is 15.7. The quantitative estimate of drug-likeness (QED) is 0.532. The summed E-state index contributed by atoms with van der Waals surface area (Å²) in [5, 5.41) is 15.3. The Labute approximate surface area is 169 Å². The zero-order chi connectivity index (χ0) is 20.5. The molecule has 0 saturated carbocycles. The van der Waals surface area contributed by atoms with E-state index < -0.39 is 18.1 Å². The minimum absolute atomic E-state index is 0.200. The van der Waals surface area contributed by atoms with Crippen molar-refractivity contribution < 1.29 is 19.4 Å². The van der Waals surface area contributed by atoms with E-state index in [1.165, 1.54) is 0 Å². The number of carboxylic acids is 1. The number of carboxylic acid groups (broad SMARTS) is 1. The van der Waals surface area contributed by atoms with E-state index in [0.29, 0.717) is 11.3 Å². The molecule has 0 saturated heterocycles. The molecule has 1 atom stereocenters. The molecule has 0 bridgehead atoms. The Kier molecular flexibility index (Phi) is 6.84. The highest BCUT2D eigenvalue weighted by Gasteiger charge is 2.19. The van der Waals surface area contributed by atoms with Crippen molar-refractivity contribution >= 4 is 17.7 Å². The number of hydrogen-bond donors (Lipinski definition) is 3. The van der Waals surface area contributed by atoms with Gasteiger partial charge in [-0.05, 0) is 28.8 Å². The molecule has 0 aliphatic carbocycles. The van der Waals surface area contributed by atoms with Crippen LogP contribution in [-0.2, 0) is 22.7 Å². The highest BCUT2D eigenvalue weighted by atomic mass is 16.5. The lowest BCUT2D eigenvalue weighted by Gasteiger charge is -2.17. The molecular formula is C23H22N2O4. The molecule has 0 spiro atoms. The van der Waals surface area contributed by atoms with Gasteiger partial charge in [0.1, 0.15) is 6.61 Å². The molecule has 0 fully saturated rings. The van der Waals surface area contributed by atoms with E-state index in [4.69, 9.17) is 4.74 Å². The summed E-state index contributed by atoms with van der Waals surface area (Å²) in [5.74, 6) is -0.968. The van der Waals surface area contributed by atoms with Crippen LogP contribution in [0.5, 0.6) is 0 Å². The second-order valence-electron chi connectivity index (χ2n) is 6.44. The largest absolute Gasteiger partial charge is 0.479 e. The smallest absolute Gasteiger partial charge is 0.407 e. The van der Waals surface area contributed by atoms with Crippen molar-refractivity contribution in [3.8, 4) is 0 Å². The Morgan fingerprint density at radius 2 is 1.52 bits per heavy atom. The molecule has 3 aromatic rings. The summed E-state index contributed by atoms with van der Waals surface area (Å²) in [6.07, 6.45) is -0.514. The highest BCUT2D eigenvalue weighted by Crippen LogP contribution is 2.21. The first-order chi connectivity index (χ1) is 14.1. The number of aliphatic carboxylic acids is 1. The third-order valence-corrected chi connectivity index (χ3v) is 4.27. The van der Waals surface area contributed by atoms with Crippen molar-refractivity contribution in [3.63, 3.8) is 0 Å². The summed E-state index contributed by atoms with van der Waals surface area (Å²) in [6.45, 7) is 0.470. The normalized spacial score (nSPS) is 11.3. The van der Waals surface area contributed by atoms with Crippen molar-refractivity contribution in [3.05, 3.63) is 102 Å². The van der Waals surface area contributed by atoms with E-state index in [-0.39, 0.29) is 13.2 Å². The minimum Gasteiger partial charge on any atom is -0.479 e. The van der Waals surface area contributed by atoms with Crippen LogP contribution in [0.3, 0.4) is 0 Å². The van der Waals surface area contributed by atoms with Gasteiger partial charge in [0.05, 0.1) is 0 Å². The Morgan fingerprint density at radius 1 is 0.862 bits per heavy atom. The first-order valence-corrected chi connectivity index (χ1v) is 9.19. The van der Waals surface area contributed by atoms with Gasteiger partial charge < -0.3 is 20.5 Å². The van der Waals surface area contributed by atoms with Crippen LogP contribution in [0.25, 0.3) is 0 Å². The van der Waals surface area contributed by atoms with Gasteiger partial charge in [-0.3, -0.25) is 0 Å². The zero-order valence-corrected chi connectivity index (χ0v) is 15.7. The van der Waals surface area contributed by atoms with E-state index in [1.54, 1.807) is 42.5 Å². The number of rotatable bonds is 8. The lowest BCUT2D eigenvalue weighted by molar-refractivity contribution is -0.138. The molecule has 0 aromatic heterocycles. The molecule has 1 unspecified atom stereocenters. The molecule has 0 heterocycles. The number of amides is 1. The molecule has 6 nitrogen and oxygen atoms in total. The second kappa shape index (κ2) is 9.94. The molecular weight excluding hydrogens is 368 g/mol. The third kappa shape index (κ3) is 6.10. The number of hydrogen-bond acceptors (Lipinski definition) is 4. The van der Waals surface area contributed by atoms with Crippen LogP contribution in [0, 0.1) is 0 Å². The maximum atomic E-state index is 11.9. The van der Waals surface area contributed by atoms with E-state index >= 15 is 0 Å². The van der Waals surface area contributed by atoms with Gasteiger partial charge in [-0.15, -0.1) is 0 Å². The molecule has 6 heteroatoms. The number of carbonyl (C=O) groups excluding carboxylic acids is 1. The standard InChI is InChI=1S/C23H22N2O4/c26-22(27)21(19-11-5-2-6-12-19)25-20-13-7-10-18(14-20)15-24-23(28)29-16-17-8-3-1-4-9-17/h1-14,21,25H,15-16H2,(H,24,28)(H,26,27). The van der Waals surface area contributed by atoms with Crippen molar-refractivity contribution in [1.82, 2.24) is 5.32 Å². The van der Waals surface area contributed by atoms with Crippen LogP contribution in [0.4, 0.5) is 10.5 Å². The maximum absolute atomic E-state index is 11.9. The molecule has 0 aliphatic heterocycles. The van der Waals surface area contributed by atoms with E-state index in [9.17, 15) is 14.7 Å². The molecule has 1 amide bonds. The SMILES string of the molecule is O=C(NCc1cccc(NC(C(=O)O)c2ccccc2)c1)OCc1ccccc1. The molecule has 3 N–H and O–H groups in total. The number of benzene rings is 3. The first-order valence-electron chi connectivity index (χ1n) is 9.19. The Morgan fingerprint density at radius 3 is 2.21 bits per heavy atom. The molecule has 0 radical (unpaired) electrons. The van der Waals surface area contributed by atoms with Crippen molar-refractivity contribution in [2.24, 2.45) is 0 Å². The predicted octanol–water partition coefficient (Wildman–Crippen LogP) is 4.35. The molecule has 3 aromatic carbocycles.